The lowest BCUT2D eigenvalue weighted by Crippen LogP contribution is -2.57. The molecule has 0 radical (unpaired) electrons. The molecule has 0 bridgehead atoms. The van der Waals surface area contributed by atoms with Crippen molar-refractivity contribution in [3.05, 3.63) is 0 Å². The SMILES string of the molecule is CCOC(=O)[C@@H]1CCCCN1C(=O)[C@H]1CCCN(C(=O)OC(C)(C)C)[C@@H]1C. The first-order valence-electron chi connectivity index (χ1n) is 10.1. The quantitative estimate of drug-likeness (QED) is 0.702. The van der Waals surface area contributed by atoms with Crippen LogP contribution in [0.4, 0.5) is 4.79 Å². The van der Waals surface area contributed by atoms with Crippen molar-refractivity contribution in [2.45, 2.75) is 84.4 Å². The maximum Gasteiger partial charge on any atom is 0.410 e. The highest BCUT2D eigenvalue weighted by atomic mass is 16.6. The summed E-state index contributed by atoms with van der Waals surface area (Å²) in [6, 6.07) is -0.763. The van der Waals surface area contributed by atoms with Crippen LogP contribution in [0, 0.1) is 5.92 Å². The van der Waals surface area contributed by atoms with Crippen LogP contribution in [-0.4, -0.2) is 65.2 Å². The van der Waals surface area contributed by atoms with Crippen molar-refractivity contribution in [1.82, 2.24) is 9.80 Å². The van der Waals surface area contributed by atoms with Gasteiger partial charge in [-0.15, -0.1) is 0 Å². The van der Waals surface area contributed by atoms with Crippen LogP contribution in [0.25, 0.3) is 0 Å². The summed E-state index contributed by atoms with van der Waals surface area (Å²) in [5.74, 6) is -0.687. The summed E-state index contributed by atoms with van der Waals surface area (Å²) in [6.45, 7) is 10.6. The van der Waals surface area contributed by atoms with E-state index < -0.39 is 11.6 Å². The van der Waals surface area contributed by atoms with E-state index in [0.717, 1.165) is 19.3 Å². The molecule has 2 fully saturated rings. The van der Waals surface area contributed by atoms with Gasteiger partial charge in [0.2, 0.25) is 5.91 Å². The summed E-state index contributed by atoms with van der Waals surface area (Å²) in [7, 11) is 0. The summed E-state index contributed by atoms with van der Waals surface area (Å²) in [5.41, 5.74) is -0.574. The first kappa shape index (κ1) is 21.5. The number of carbonyl (C=O) groups is 3. The zero-order valence-corrected chi connectivity index (χ0v) is 17.3. The highest BCUT2D eigenvalue weighted by molar-refractivity contribution is 5.87. The normalized spacial score (nSPS) is 26.5. The van der Waals surface area contributed by atoms with Crippen molar-refractivity contribution in [1.29, 1.82) is 0 Å². The molecule has 2 heterocycles. The van der Waals surface area contributed by atoms with E-state index in [0.29, 0.717) is 32.5 Å². The van der Waals surface area contributed by atoms with Gasteiger partial charge in [-0.3, -0.25) is 4.79 Å². The Kier molecular flexibility index (Phi) is 7.12. The third-order valence-corrected chi connectivity index (χ3v) is 5.28. The average molecular weight is 383 g/mol. The summed E-state index contributed by atoms with van der Waals surface area (Å²) in [5, 5.41) is 0. The molecule has 154 valence electrons. The summed E-state index contributed by atoms with van der Waals surface area (Å²) < 4.78 is 10.7. The number of carbonyl (C=O) groups excluding carboxylic acids is 3. The molecule has 2 saturated heterocycles. The van der Waals surface area contributed by atoms with Gasteiger partial charge in [-0.1, -0.05) is 0 Å². The van der Waals surface area contributed by atoms with Crippen molar-refractivity contribution in [3.8, 4) is 0 Å². The summed E-state index contributed by atoms with van der Waals surface area (Å²) >= 11 is 0. The Morgan fingerprint density at radius 2 is 1.67 bits per heavy atom. The number of amides is 2. The molecular formula is C20H34N2O5. The third-order valence-electron chi connectivity index (χ3n) is 5.28. The van der Waals surface area contributed by atoms with Gasteiger partial charge < -0.3 is 19.3 Å². The summed E-state index contributed by atoms with van der Waals surface area (Å²) in [4.78, 5) is 41.4. The number of rotatable bonds is 3. The predicted octanol–water partition coefficient (Wildman–Crippen LogP) is 2.97. The second-order valence-corrected chi connectivity index (χ2v) is 8.46. The van der Waals surface area contributed by atoms with Gasteiger partial charge in [0.05, 0.1) is 12.5 Å². The molecule has 0 spiro atoms. The molecule has 0 aromatic heterocycles. The van der Waals surface area contributed by atoms with Crippen LogP contribution in [0.1, 0.15) is 66.7 Å². The van der Waals surface area contributed by atoms with E-state index in [2.05, 4.69) is 0 Å². The highest BCUT2D eigenvalue weighted by Crippen LogP contribution is 2.30. The van der Waals surface area contributed by atoms with Gasteiger partial charge in [0, 0.05) is 19.1 Å². The molecule has 7 heteroatoms. The molecule has 0 N–H and O–H groups in total. The largest absolute Gasteiger partial charge is 0.464 e. The van der Waals surface area contributed by atoms with Crippen molar-refractivity contribution in [2.24, 2.45) is 5.92 Å². The van der Waals surface area contributed by atoms with E-state index >= 15 is 0 Å². The fourth-order valence-corrected chi connectivity index (χ4v) is 3.94. The number of hydrogen-bond acceptors (Lipinski definition) is 5. The second kappa shape index (κ2) is 8.93. The zero-order valence-electron chi connectivity index (χ0n) is 17.3. The van der Waals surface area contributed by atoms with Gasteiger partial charge in [-0.2, -0.15) is 0 Å². The van der Waals surface area contributed by atoms with E-state index in [9.17, 15) is 14.4 Å². The van der Waals surface area contributed by atoms with E-state index in [1.807, 2.05) is 27.7 Å². The molecule has 0 aromatic carbocycles. The van der Waals surface area contributed by atoms with Gasteiger partial charge in [0.1, 0.15) is 11.6 Å². The van der Waals surface area contributed by atoms with Crippen LogP contribution in [0.3, 0.4) is 0 Å². The van der Waals surface area contributed by atoms with Gasteiger partial charge in [0.25, 0.3) is 0 Å². The number of ether oxygens (including phenoxy) is 2. The van der Waals surface area contributed by atoms with Crippen LogP contribution < -0.4 is 0 Å². The molecule has 0 saturated carbocycles. The average Bonchev–Trinajstić information content (AvgIpc) is 2.60. The van der Waals surface area contributed by atoms with Gasteiger partial charge >= 0.3 is 12.1 Å². The Morgan fingerprint density at radius 3 is 2.30 bits per heavy atom. The Labute approximate surface area is 162 Å². The van der Waals surface area contributed by atoms with Gasteiger partial charge in [-0.25, -0.2) is 9.59 Å². The third kappa shape index (κ3) is 5.36. The van der Waals surface area contributed by atoms with Crippen molar-refractivity contribution >= 4 is 18.0 Å². The van der Waals surface area contributed by atoms with E-state index in [-0.39, 0.29) is 29.9 Å². The minimum absolute atomic E-state index is 0.0477. The van der Waals surface area contributed by atoms with Crippen LogP contribution in [0.2, 0.25) is 0 Å². The molecule has 7 nitrogen and oxygen atoms in total. The smallest absolute Gasteiger partial charge is 0.410 e. The molecule has 0 unspecified atom stereocenters. The minimum atomic E-state index is -0.574. The number of piperidine rings is 2. The van der Waals surface area contributed by atoms with Crippen molar-refractivity contribution < 1.29 is 23.9 Å². The minimum Gasteiger partial charge on any atom is -0.464 e. The molecule has 2 aliphatic rings. The number of likely N-dealkylation sites (tertiary alicyclic amines) is 2. The molecule has 0 aliphatic carbocycles. The Hall–Kier alpha value is -1.79. The van der Waals surface area contributed by atoms with Crippen LogP contribution >= 0.6 is 0 Å². The zero-order chi connectivity index (χ0) is 20.2. The van der Waals surface area contributed by atoms with E-state index in [4.69, 9.17) is 9.47 Å². The molecule has 0 aromatic rings. The number of nitrogens with zero attached hydrogens (tertiary/aromatic N) is 2. The predicted molar refractivity (Wildman–Crippen MR) is 101 cm³/mol. The topological polar surface area (TPSA) is 76.2 Å². The Morgan fingerprint density at radius 1 is 1.00 bits per heavy atom. The van der Waals surface area contributed by atoms with Gasteiger partial charge in [-0.05, 0) is 66.7 Å². The highest BCUT2D eigenvalue weighted by Gasteiger charge is 2.42. The van der Waals surface area contributed by atoms with Crippen LogP contribution in [0.5, 0.6) is 0 Å². The Bertz CT molecular complexity index is 557. The fourth-order valence-electron chi connectivity index (χ4n) is 3.94. The second-order valence-electron chi connectivity index (χ2n) is 8.46. The monoisotopic (exact) mass is 382 g/mol. The lowest BCUT2D eigenvalue weighted by molar-refractivity contribution is -0.159. The maximum absolute atomic E-state index is 13.3. The van der Waals surface area contributed by atoms with Crippen molar-refractivity contribution in [3.63, 3.8) is 0 Å². The first-order valence-corrected chi connectivity index (χ1v) is 10.1. The van der Waals surface area contributed by atoms with E-state index in [1.54, 1.807) is 16.7 Å². The first-order chi connectivity index (χ1) is 12.7. The fraction of sp³-hybridized carbons (Fsp3) is 0.850. The number of esters is 1. The van der Waals surface area contributed by atoms with Crippen molar-refractivity contribution in [2.75, 3.05) is 19.7 Å². The molecular weight excluding hydrogens is 348 g/mol. The lowest BCUT2D eigenvalue weighted by atomic mass is 9.87. The van der Waals surface area contributed by atoms with Crippen LogP contribution in [-0.2, 0) is 19.1 Å². The number of hydrogen-bond donors (Lipinski definition) is 0. The molecule has 27 heavy (non-hydrogen) atoms. The van der Waals surface area contributed by atoms with E-state index in [1.165, 1.54) is 0 Å². The molecule has 3 atom stereocenters. The van der Waals surface area contributed by atoms with Crippen LogP contribution in [0.15, 0.2) is 0 Å². The Balaban J connectivity index is 2.11. The maximum atomic E-state index is 13.3. The summed E-state index contributed by atoms with van der Waals surface area (Å²) in [6.07, 6.45) is 3.52. The standard InChI is InChI=1S/C20H34N2O5/c1-6-26-18(24)16-11-7-8-12-22(16)17(23)15-10-9-13-21(14(15)2)19(25)27-20(3,4)5/h14-16H,6-13H2,1-5H3/t14-,15+,16+/m1/s1. The molecule has 2 aliphatic heterocycles. The molecule has 2 rings (SSSR count). The molecule has 2 amide bonds. The lowest BCUT2D eigenvalue weighted by Gasteiger charge is -2.43. The van der Waals surface area contributed by atoms with Gasteiger partial charge in [0.15, 0.2) is 0 Å².